The number of amides is 3. The number of hydrogen-bond donors (Lipinski definition) is 2. The Morgan fingerprint density at radius 3 is 2.53 bits per heavy atom. The second kappa shape index (κ2) is 4.19. The quantitative estimate of drug-likeness (QED) is 0.673. The maximum Gasteiger partial charge on any atom is 0.414 e. The van der Waals surface area contributed by atoms with Crippen molar-refractivity contribution in [3.63, 3.8) is 0 Å². The summed E-state index contributed by atoms with van der Waals surface area (Å²) in [5.41, 5.74) is 5.70. The Hall–Kier alpha value is -1.63. The molecule has 2 aliphatic heterocycles. The van der Waals surface area contributed by atoms with E-state index < -0.39 is 12.1 Å². The van der Waals surface area contributed by atoms with Gasteiger partial charge in [-0.3, -0.25) is 9.59 Å². The molecule has 2 heterocycles. The standard InChI is InChI=1S/C12H17N3O4/c13-8-3-4-14(11(8)17)9-2-1-6-5-7(9)10(16)15(6)12(18)19/h6-9H,1-5,13H2,(H,18,19)/t6?,7?,8-,9?/m0/s1. The smallest absolute Gasteiger partial charge is 0.414 e. The lowest BCUT2D eigenvalue weighted by atomic mass is 9.84. The summed E-state index contributed by atoms with van der Waals surface area (Å²) in [6.45, 7) is 0.576. The van der Waals surface area contributed by atoms with Gasteiger partial charge in [0.25, 0.3) is 0 Å². The number of carbonyl (C=O) groups is 3. The molecule has 3 N–H and O–H groups in total. The van der Waals surface area contributed by atoms with E-state index in [-0.39, 0.29) is 29.8 Å². The maximum absolute atomic E-state index is 12.2. The third-order valence-electron chi connectivity index (χ3n) is 4.59. The molecule has 104 valence electrons. The Bertz CT molecular complexity index is 452. The fourth-order valence-corrected chi connectivity index (χ4v) is 3.67. The molecule has 19 heavy (non-hydrogen) atoms. The van der Waals surface area contributed by atoms with Gasteiger partial charge in [0.1, 0.15) is 0 Å². The van der Waals surface area contributed by atoms with Crippen molar-refractivity contribution in [3.8, 4) is 0 Å². The number of hydrogen-bond acceptors (Lipinski definition) is 4. The monoisotopic (exact) mass is 267 g/mol. The molecule has 0 spiro atoms. The van der Waals surface area contributed by atoms with Crippen molar-refractivity contribution in [3.05, 3.63) is 0 Å². The van der Waals surface area contributed by atoms with Crippen molar-refractivity contribution >= 4 is 17.9 Å². The predicted molar refractivity (Wildman–Crippen MR) is 64.1 cm³/mol. The van der Waals surface area contributed by atoms with Crippen molar-refractivity contribution in [2.24, 2.45) is 11.7 Å². The van der Waals surface area contributed by atoms with Gasteiger partial charge in [-0.05, 0) is 25.7 Å². The van der Waals surface area contributed by atoms with Gasteiger partial charge in [-0.25, -0.2) is 9.69 Å². The minimum Gasteiger partial charge on any atom is -0.465 e. The minimum absolute atomic E-state index is 0.106. The Labute approximate surface area is 110 Å². The lowest BCUT2D eigenvalue weighted by Gasteiger charge is -2.34. The molecule has 3 fully saturated rings. The molecule has 2 bridgehead atoms. The molecule has 0 aromatic carbocycles. The van der Waals surface area contributed by atoms with Crippen molar-refractivity contribution in [1.82, 2.24) is 9.80 Å². The second-order valence-corrected chi connectivity index (χ2v) is 5.56. The summed E-state index contributed by atoms with van der Waals surface area (Å²) in [6, 6.07) is -0.850. The minimum atomic E-state index is -1.18. The summed E-state index contributed by atoms with van der Waals surface area (Å²) < 4.78 is 0. The van der Waals surface area contributed by atoms with E-state index in [1.54, 1.807) is 4.90 Å². The molecule has 3 unspecified atom stereocenters. The molecule has 0 aromatic heterocycles. The van der Waals surface area contributed by atoms with E-state index in [2.05, 4.69) is 0 Å². The van der Waals surface area contributed by atoms with Crippen molar-refractivity contribution in [2.75, 3.05) is 6.54 Å². The zero-order chi connectivity index (χ0) is 13.7. The van der Waals surface area contributed by atoms with Crippen LogP contribution in [0, 0.1) is 5.92 Å². The molecule has 3 aliphatic rings. The molecule has 0 aromatic rings. The highest BCUT2D eigenvalue weighted by molar-refractivity contribution is 5.96. The third-order valence-corrected chi connectivity index (χ3v) is 4.59. The van der Waals surface area contributed by atoms with Gasteiger partial charge in [-0.2, -0.15) is 0 Å². The van der Waals surface area contributed by atoms with Crippen molar-refractivity contribution in [1.29, 1.82) is 0 Å². The van der Waals surface area contributed by atoms with Gasteiger partial charge in [0.05, 0.1) is 12.0 Å². The molecule has 4 atom stereocenters. The summed E-state index contributed by atoms with van der Waals surface area (Å²) in [6.07, 6.45) is 1.29. The van der Waals surface area contributed by atoms with Crippen LogP contribution >= 0.6 is 0 Å². The van der Waals surface area contributed by atoms with Crippen LogP contribution in [-0.4, -0.2) is 57.5 Å². The second-order valence-electron chi connectivity index (χ2n) is 5.56. The Morgan fingerprint density at radius 2 is 1.95 bits per heavy atom. The molecule has 0 radical (unpaired) electrons. The van der Waals surface area contributed by atoms with Gasteiger partial charge in [0.15, 0.2) is 0 Å². The zero-order valence-corrected chi connectivity index (χ0v) is 10.5. The molecule has 1 aliphatic carbocycles. The van der Waals surface area contributed by atoms with Crippen LogP contribution < -0.4 is 5.73 Å². The molecule has 1 saturated carbocycles. The first kappa shape index (κ1) is 12.4. The van der Waals surface area contributed by atoms with Gasteiger partial charge in [0.2, 0.25) is 11.8 Å². The summed E-state index contributed by atoms with van der Waals surface area (Å²) in [5, 5.41) is 9.08. The highest BCUT2D eigenvalue weighted by Gasteiger charge is 2.52. The lowest BCUT2D eigenvalue weighted by Crippen LogP contribution is -2.47. The molecular weight excluding hydrogens is 250 g/mol. The van der Waals surface area contributed by atoms with Gasteiger partial charge in [-0.15, -0.1) is 0 Å². The largest absolute Gasteiger partial charge is 0.465 e. The first-order valence-electron chi connectivity index (χ1n) is 6.62. The average molecular weight is 267 g/mol. The molecule has 3 amide bonds. The normalized spacial score (nSPS) is 38.2. The Kier molecular flexibility index (Phi) is 2.74. The highest BCUT2D eigenvalue weighted by atomic mass is 16.4. The Morgan fingerprint density at radius 1 is 1.21 bits per heavy atom. The fourth-order valence-electron chi connectivity index (χ4n) is 3.67. The number of rotatable bonds is 1. The van der Waals surface area contributed by atoms with E-state index in [4.69, 9.17) is 10.8 Å². The van der Waals surface area contributed by atoms with E-state index in [1.807, 2.05) is 0 Å². The number of imide groups is 1. The first-order chi connectivity index (χ1) is 9.00. The predicted octanol–water partition coefficient (Wildman–Crippen LogP) is -0.396. The Balaban J connectivity index is 1.82. The van der Waals surface area contributed by atoms with E-state index in [1.165, 1.54) is 0 Å². The van der Waals surface area contributed by atoms with Crippen LogP contribution in [0.3, 0.4) is 0 Å². The summed E-state index contributed by atoms with van der Waals surface area (Å²) in [5.74, 6) is -0.831. The summed E-state index contributed by atoms with van der Waals surface area (Å²) in [7, 11) is 0. The van der Waals surface area contributed by atoms with Crippen LogP contribution in [0.1, 0.15) is 25.7 Å². The topological polar surface area (TPSA) is 104 Å². The highest BCUT2D eigenvalue weighted by Crippen LogP contribution is 2.40. The SMILES string of the molecule is N[C@H]1CCN(C2CCC3CC2C(=O)N3C(=O)O)C1=O. The number of carboxylic acid groups (broad SMARTS) is 1. The average Bonchev–Trinajstić information content (AvgIpc) is 2.82. The molecule has 7 nitrogen and oxygen atoms in total. The van der Waals surface area contributed by atoms with Gasteiger partial charge >= 0.3 is 6.09 Å². The van der Waals surface area contributed by atoms with E-state index in [0.29, 0.717) is 32.2 Å². The van der Waals surface area contributed by atoms with Crippen LogP contribution in [0.4, 0.5) is 4.79 Å². The first-order valence-corrected chi connectivity index (χ1v) is 6.62. The van der Waals surface area contributed by atoms with Crippen LogP contribution in [0.25, 0.3) is 0 Å². The van der Waals surface area contributed by atoms with Crippen molar-refractivity contribution in [2.45, 2.75) is 43.8 Å². The van der Waals surface area contributed by atoms with Crippen LogP contribution in [0.5, 0.6) is 0 Å². The van der Waals surface area contributed by atoms with Gasteiger partial charge < -0.3 is 15.7 Å². The zero-order valence-electron chi connectivity index (χ0n) is 10.5. The van der Waals surface area contributed by atoms with E-state index in [0.717, 1.165) is 4.90 Å². The van der Waals surface area contributed by atoms with Crippen LogP contribution in [0.2, 0.25) is 0 Å². The molecule has 7 heteroatoms. The van der Waals surface area contributed by atoms with E-state index >= 15 is 0 Å². The molecular formula is C12H17N3O4. The molecule has 2 saturated heterocycles. The number of likely N-dealkylation sites (tertiary alicyclic amines) is 2. The van der Waals surface area contributed by atoms with Crippen LogP contribution in [-0.2, 0) is 9.59 Å². The lowest BCUT2D eigenvalue weighted by molar-refractivity contribution is -0.135. The number of fused-ring (bicyclic) bond motifs is 2. The van der Waals surface area contributed by atoms with Gasteiger partial charge in [0, 0.05) is 18.6 Å². The maximum atomic E-state index is 12.2. The third kappa shape index (κ3) is 1.72. The van der Waals surface area contributed by atoms with Crippen molar-refractivity contribution < 1.29 is 19.5 Å². The van der Waals surface area contributed by atoms with E-state index in [9.17, 15) is 14.4 Å². The summed E-state index contributed by atoms with van der Waals surface area (Å²) >= 11 is 0. The number of nitrogens with two attached hydrogens (primary N) is 1. The number of nitrogens with zero attached hydrogens (tertiary/aromatic N) is 2. The number of carbonyl (C=O) groups excluding carboxylic acids is 2. The fraction of sp³-hybridized carbons (Fsp3) is 0.750. The van der Waals surface area contributed by atoms with Gasteiger partial charge in [-0.1, -0.05) is 0 Å². The molecule has 3 rings (SSSR count). The van der Waals surface area contributed by atoms with Crippen LogP contribution in [0.15, 0.2) is 0 Å². The summed E-state index contributed by atoms with van der Waals surface area (Å²) in [4.78, 5) is 37.9.